The van der Waals surface area contributed by atoms with Gasteiger partial charge in [-0.1, -0.05) is 0 Å². The molecule has 0 unspecified atom stereocenters. The summed E-state index contributed by atoms with van der Waals surface area (Å²) in [5, 5.41) is 10.7. The summed E-state index contributed by atoms with van der Waals surface area (Å²) in [4.78, 5) is 37.8. The van der Waals surface area contributed by atoms with E-state index >= 15 is 0 Å². The lowest BCUT2D eigenvalue weighted by molar-refractivity contribution is -0.385. The molecule has 8 nitrogen and oxygen atoms in total. The molecule has 1 atom stereocenters. The van der Waals surface area contributed by atoms with Crippen LogP contribution in [0.15, 0.2) is 18.2 Å². The highest BCUT2D eigenvalue weighted by molar-refractivity contribution is 5.95. The monoisotopic (exact) mass is 381 g/mol. The van der Waals surface area contributed by atoms with Gasteiger partial charge in [0.05, 0.1) is 16.6 Å². The van der Waals surface area contributed by atoms with Crippen LogP contribution in [0.1, 0.15) is 44.0 Å². The first-order valence-corrected chi connectivity index (χ1v) is 8.68. The molecule has 1 heterocycles. The summed E-state index contributed by atoms with van der Waals surface area (Å²) < 4.78 is 19.5. The second-order valence-corrected chi connectivity index (χ2v) is 7.58. The second kappa shape index (κ2) is 7.89. The number of carbonyl (C=O) groups excluding carboxylic acids is 2. The predicted octanol–water partition coefficient (Wildman–Crippen LogP) is 3.21. The molecule has 27 heavy (non-hydrogen) atoms. The highest BCUT2D eigenvalue weighted by atomic mass is 19.1. The Morgan fingerprint density at radius 3 is 2.63 bits per heavy atom. The largest absolute Gasteiger partial charge is 0.444 e. The standard InChI is InChI=1S/C18H24FN3O5/c1-18(2,3)27-17(24)20(4)11-13-6-5-9-21(13)16(23)14-8-7-12(22(25)26)10-15(14)19/h7-8,10,13H,5-6,9,11H2,1-4H3/t13-/m0/s1. The molecule has 0 saturated carbocycles. The average molecular weight is 381 g/mol. The number of likely N-dealkylation sites (N-methyl/N-ethyl adjacent to an activating group) is 1. The number of hydrogen-bond acceptors (Lipinski definition) is 5. The number of likely N-dealkylation sites (tertiary alicyclic amines) is 1. The summed E-state index contributed by atoms with van der Waals surface area (Å²) in [5.74, 6) is -1.47. The first-order chi connectivity index (χ1) is 12.5. The van der Waals surface area contributed by atoms with Crippen molar-refractivity contribution in [2.45, 2.75) is 45.3 Å². The highest BCUT2D eigenvalue weighted by Crippen LogP contribution is 2.24. The van der Waals surface area contributed by atoms with Crippen LogP contribution in [0.4, 0.5) is 14.9 Å². The van der Waals surface area contributed by atoms with E-state index in [1.165, 1.54) is 9.80 Å². The van der Waals surface area contributed by atoms with Crippen molar-refractivity contribution in [3.63, 3.8) is 0 Å². The maximum atomic E-state index is 14.2. The summed E-state index contributed by atoms with van der Waals surface area (Å²) in [6.07, 6.45) is 0.906. The van der Waals surface area contributed by atoms with Crippen molar-refractivity contribution in [2.24, 2.45) is 0 Å². The summed E-state index contributed by atoms with van der Waals surface area (Å²) in [7, 11) is 1.58. The SMILES string of the molecule is CN(C[C@@H]1CCCN1C(=O)c1ccc([N+](=O)[O-])cc1F)C(=O)OC(C)(C)C. The number of nitro benzene ring substituents is 1. The molecule has 0 N–H and O–H groups in total. The molecule has 2 amide bonds. The summed E-state index contributed by atoms with van der Waals surface area (Å²) in [6, 6.07) is 2.70. The first-order valence-electron chi connectivity index (χ1n) is 8.68. The van der Waals surface area contributed by atoms with E-state index in [1.807, 2.05) is 0 Å². The molecule has 0 spiro atoms. The Hall–Kier alpha value is -2.71. The molecule has 1 aromatic carbocycles. The fourth-order valence-electron chi connectivity index (χ4n) is 2.97. The number of rotatable bonds is 4. The van der Waals surface area contributed by atoms with Crippen LogP contribution in [0, 0.1) is 15.9 Å². The number of amides is 2. The molecule has 0 radical (unpaired) electrons. The lowest BCUT2D eigenvalue weighted by Gasteiger charge is -2.30. The topological polar surface area (TPSA) is 93.0 Å². The Bertz CT molecular complexity index is 747. The van der Waals surface area contributed by atoms with E-state index in [4.69, 9.17) is 4.74 Å². The number of hydrogen-bond donors (Lipinski definition) is 0. The van der Waals surface area contributed by atoms with Crippen molar-refractivity contribution in [3.8, 4) is 0 Å². The van der Waals surface area contributed by atoms with Gasteiger partial charge >= 0.3 is 6.09 Å². The Morgan fingerprint density at radius 2 is 2.07 bits per heavy atom. The van der Waals surface area contributed by atoms with Gasteiger partial charge in [-0.2, -0.15) is 0 Å². The molecular weight excluding hydrogens is 357 g/mol. The van der Waals surface area contributed by atoms with Crippen LogP contribution >= 0.6 is 0 Å². The van der Waals surface area contributed by atoms with Crippen molar-refractivity contribution in [3.05, 3.63) is 39.7 Å². The lowest BCUT2D eigenvalue weighted by atomic mass is 10.1. The van der Waals surface area contributed by atoms with Crippen LogP contribution in [0.3, 0.4) is 0 Å². The Labute approximate surface area is 157 Å². The second-order valence-electron chi connectivity index (χ2n) is 7.58. The number of ether oxygens (including phenoxy) is 1. The van der Waals surface area contributed by atoms with Gasteiger partial charge in [0.1, 0.15) is 11.4 Å². The van der Waals surface area contributed by atoms with Gasteiger partial charge in [0.2, 0.25) is 0 Å². The minimum Gasteiger partial charge on any atom is -0.444 e. The number of nitro groups is 1. The van der Waals surface area contributed by atoms with E-state index in [0.29, 0.717) is 13.0 Å². The van der Waals surface area contributed by atoms with Gasteiger partial charge < -0.3 is 14.5 Å². The van der Waals surface area contributed by atoms with Crippen LogP contribution in [0.5, 0.6) is 0 Å². The van der Waals surface area contributed by atoms with Crippen LogP contribution in [0.2, 0.25) is 0 Å². The number of nitrogens with zero attached hydrogens (tertiary/aromatic N) is 3. The van der Waals surface area contributed by atoms with Crippen molar-refractivity contribution >= 4 is 17.7 Å². The molecule has 0 aliphatic carbocycles. The molecule has 2 rings (SSSR count). The van der Waals surface area contributed by atoms with E-state index in [-0.39, 0.29) is 18.2 Å². The normalized spacial score (nSPS) is 16.9. The third kappa shape index (κ3) is 5.15. The number of halogens is 1. The maximum absolute atomic E-state index is 14.2. The smallest absolute Gasteiger partial charge is 0.410 e. The fraction of sp³-hybridized carbons (Fsp3) is 0.556. The van der Waals surface area contributed by atoms with Crippen LogP contribution in [-0.2, 0) is 4.74 Å². The van der Waals surface area contributed by atoms with Crippen molar-refractivity contribution in [2.75, 3.05) is 20.1 Å². The summed E-state index contributed by atoms with van der Waals surface area (Å²) in [5.41, 5.74) is -1.25. The Kier molecular flexibility index (Phi) is 6.02. The minimum absolute atomic E-state index is 0.215. The number of carbonyl (C=O) groups is 2. The zero-order chi connectivity index (χ0) is 20.4. The molecule has 1 aromatic rings. The van der Waals surface area contributed by atoms with Gasteiger partial charge in [-0.3, -0.25) is 14.9 Å². The average Bonchev–Trinajstić information content (AvgIpc) is 3.00. The van der Waals surface area contributed by atoms with E-state index in [0.717, 1.165) is 24.6 Å². The fourth-order valence-corrected chi connectivity index (χ4v) is 2.97. The molecule has 1 fully saturated rings. The van der Waals surface area contributed by atoms with Crippen molar-refractivity contribution in [1.29, 1.82) is 0 Å². The van der Waals surface area contributed by atoms with Gasteiger partial charge in [0.25, 0.3) is 11.6 Å². The lowest BCUT2D eigenvalue weighted by Crippen LogP contribution is -2.45. The highest BCUT2D eigenvalue weighted by Gasteiger charge is 2.33. The van der Waals surface area contributed by atoms with Crippen molar-refractivity contribution < 1.29 is 23.6 Å². The third-order valence-electron chi connectivity index (χ3n) is 4.22. The van der Waals surface area contributed by atoms with Gasteiger partial charge in [-0.05, 0) is 39.7 Å². The van der Waals surface area contributed by atoms with Gasteiger partial charge in [0.15, 0.2) is 0 Å². The van der Waals surface area contributed by atoms with Gasteiger partial charge in [0, 0.05) is 32.2 Å². The quantitative estimate of drug-likeness (QED) is 0.590. The van der Waals surface area contributed by atoms with E-state index < -0.39 is 34.0 Å². The minimum atomic E-state index is -0.930. The maximum Gasteiger partial charge on any atom is 0.410 e. The van der Waals surface area contributed by atoms with Crippen molar-refractivity contribution in [1.82, 2.24) is 9.80 Å². The number of benzene rings is 1. The molecule has 1 aliphatic heterocycles. The van der Waals surface area contributed by atoms with Gasteiger partial charge in [-0.25, -0.2) is 9.18 Å². The zero-order valence-electron chi connectivity index (χ0n) is 15.9. The van der Waals surface area contributed by atoms with E-state index in [9.17, 15) is 24.1 Å². The molecule has 0 aromatic heterocycles. The van der Waals surface area contributed by atoms with Crippen LogP contribution in [0.25, 0.3) is 0 Å². The zero-order valence-corrected chi connectivity index (χ0v) is 15.9. The Morgan fingerprint density at radius 1 is 1.41 bits per heavy atom. The molecule has 148 valence electrons. The molecule has 1 aliphatic rings. The van der Waals surface area contributed by atoms with Crippen LogP contribution < -0.4 is 0 Å². The van der Waals surface area contributed by atoms with E-state index in [1.54, 1.807) is 27.8 Å². The van der Waals surface area contributed by atoms with Gasteiger partial charge in [-0.15, -0.1) is 0 Å². The molecule has 9 heteroatoms. The number of non-ortho nitro benzene ring substituents is 1. The third-order valence-corrected chi connectivity index (χ3v) is 4.22. The first kappa shape index (κ1) is 20.6. The molecule has 0 bridgehead atoms. The summed E-state index contributed by atoms with van der Waals surface area (Å²) >= 11 is 0. The Balaban J connectivity index is 2.10. The molecule has 1 saturated heterocycles. The van der Waals surface area contributed by atoms with E-state index in [2.05, 4.69) is 0 Å². The summed E-state index contributed by atoms with van der Waals surface area (Å²) in [6.45, 7) is 5.99. The molecular formula is C18H24FN3O5. The van der Waals surface area contributed by atoms with Crippen LogP contribution in [-0.4, -0.2) is 58.5 Å². The predicted molar refractivity (Wildman–Crippen MR) is 96.0 cm³/mol.